The average molecular weight is 431 g/mol. The van der Waals surface area contributed by atoms with Crippen molar-refractivity contribution in [3.63, 3.8) is 0 Å². The molecule has 0 radical (unpaired) electrons. The van der Waals surface area contributed by atoms with Gasteiger partial charge in [0.15, 0.2) is 5.82 Å². The van der Waals surface area contributed by atoms with E-state index >= 15 is 0 Å². The number of hydrogen-bond acceptors (Lipinski definition) is 7. The van der Waals surface area contributed by atoms with E-state index in [2.05, 4.69) is 25.2 Å². The lowest BCUT2D eigenvalue weighted by Gasteiger charge is -2.32. The highest BCUT2D eigenvalue weighted by Crippen LogP contribution is 2.28. The Kier molecular flexibility index (Phi) is 6.54. The molecule has 0 bridgehead atoms. The van der Waals surface area contributed by atoms with Gasteiger partial charge < -0.3 is 15.0 Å². The molecular weight excluding hydrogens is 407 g/mol. The van der Waals surface area contributed by atoms with E-state index in [1.807, 2.05) is 0 Å². The van der Waals surface area contributed by atoms with Crippen molar-refractivity contribution in [3.8, 4) is 0 Å². The molecule has 1 aliphatic heterocycles. The average Bonchev–Trinajstić information content (AvgIpc) is 2.77. The van der Waals surface area contributed by atoms with Crippen molar-refractivity contribution in [3.05, 3.63) is 41.6 Å². The normalized spacial score (nSPS) is 15.0. The summed E-state index contributed by atoms with van der Waals surface area (Å²) in [7, 11) is 1.75. The van der Waals surface area contributed by atoms with Crippen molar-refractivity contribution >= 4 is 40.1 Å². The van der Waals surface area contributed by atoms with E-state index in [4.69, 9.17) is 21.3 Å². The van der Waals surface area contributed by atoms with Gasteiger partial charge in [0.1, 0.15) is 23.2 Å². The number of piperidine rings is 1. The van der Waals surface area contributed by atoms with Gasteiger partial charge in [0, 0.05) is 32.5 Å². The van der Waals surface area contributed by atoms with Gasteiger partial charge in [0.25, 0.3) is 0 Å². The summed E-state index contributed by atoms with van der Waals surface area (Å²) in [6.07, 6.45) is 7.71. The van der Waals surface area contributed by atoms with Crippen LogP contribution in [0.2, 0.25) is 5.02 Å². The zero-order valence-corrected chi connectivity index (χ0v) is 17.6. The van der Waals surface area contributed by atoms with Crippen molar-refractivity contribution in [1.82, 2.24) is 19.9 Å². The Bertz CT molecular complexity index is 1010. The molecule has 9 heteroatoms. The van der Waals surface area contributed by atoms with Crippen LogP contribution in [0.1, 0.15) is 25.7 Å². The minimum Gasteiger partial charge on any atom is -0.385 e. The van der Waals surface area contributed by atoms with Crippen LogP contribution in [0.25, 0.3) is 11.0 Å². The van der Waals surface area contributed by atoms with Crippen LogP contribution in [-0.4, -0.2) is 46.7 Å². The van der Waals surface area contributed by atoms with E-state index in [9.17, 15) is 4.39 Å². The fraction of sp³-hybridized carbons (Fsp3) is 0.429. The van der Waals surface area contributed by atoms with Crippen molar-refractivity contribution < 1.29 is 9.13 Å². The number of nitrogens with one attached hydrogen (secondary N) is 1. The molecule has 3 aromatic rings. The number of hydrogen-bond donors (Lipinski definition) is 1. The van der Waals surface area contributed by atoms with Gasteiger partial charge in [-0.05, 0) is 49.8 Å². The standard InChI is InChI=1S/C21H24ClFN6O/c1-30-10-2-3-14-6-8-29(9-7-14)21-24-12-18-19(28-21)20(26-13-25-18)27-15-4-5-17(23)16(22)11-15/h4-5,11-14H,2-3,6-10H2,1H3,(H,25,26,27). The SMILES string of the molecule is COCCCC1CCN(c2ncc3ncnc(Nc4ccc(F)c(Cl)c4)c3n2)CC1. The third kappa shape index (κ3) is 4.76. The van der Waals surface area contributed by atoms with Crippen LogP contribution in [0, 0.1) is 11.7 Å². The highest BCUT2D eigenvalue weighted by molar-refractivity contribution is 6.31. The zero-order valence-electron chi connectivity index (χ0n) is 16.8. The fourth-order valence-corrected chi connectivity index (χ4v) is 3.92. The van der Waals surface area contributed by atoms with Crippen LogP contribution in [-0.2, 0) is 4.74 Å². The molecular formula is C21H24ClFN6O. The van der Waals surface area contributed by atoms with Gasteiger partial charge in [-0.1, -0.05) is 11.6 Å². The molecule has 7 nitrogen and oxygen atoms in total. The molecule has 1 aliphatic rings. The van der Waals surface area contributed by atoms with Crippen molar-refractivity contribution in [2.24, 2.45) is 5.92 Å². The van der Waals surface area contributed by atoms with E-state index in [0.717, 1.165) is 44.9 Å². The number of anilines is 3. The fourth-order valence-electron chi connectivity index (χ4n) is 3.74. The smallest absolute Gasteiger partial charge is 0.226 e. The van der Waals surface area contributed by atoms with Gasteiger partial charge in [-0.25, -0.2) is 24.3 Å². The van der Waals surface area contributed by atoms with Crippen molar-refractivity contribution in [2.45, 2.75) is 25.7 Å². The first-order chi connectivity index (χ1) is 14.6. The predicted molar refractivity (Wildman–Crippen MR) is 116 cm³/mol. The molecule has 2 aromatic heterocycles. The summed E-state index contributed by atoms with van der Waals surface area (Å²) >= 11 is 5.89. The minimum atomic E-state index is -0.468. The number of benzene rings is 1. The summed E-state index contributed by atoms with van der Waals surface area (Å²) in [6.45, 7) is 2.67. The molecule has 1 saturated heterocycles. The van der Waals surface area contributed by atoms with Gasteiger partial charge >= 0.3 is 0 Å². The van der Waals surface area contributed by atoms with E-state index < -0.39 is 5.82 Å². The molecule has 0 amide bonds. The molecule has 3 heterocycles. The van der Waals surface area contributed by atoms with E-state index in [0.29, 0.717) is 28.5 Å². The lowest BCUT2D eigenvalue weighted by atomic mass is 9.92. The maximum atomic E-state index is 13.4. The van der Waals surface area contributed by atoms with Crippen LogP contribution in [0.3, 0.4) is 0 Å². The molecule has 0 aliphatic carbocycles. The zero-order chi connectivity index (χ0) is 20.9. The molecule has 1 aromatic carbocycles. The topological polar surface area (TPSA) is 76.1 Å². The number of nitrogens with zero attached hydrogens (tertiary/aromatic N) is 5. The lowest BCUT2D eigenvalue weighted by Crippen LogP contribution is -2.35. The predicted octanol–water partition coefficient (Wildman–Crippen LogP) is 4.60. The Morgan fingerprint density at radius 2 is 2.07 bits per heavy atom. The maximum absolute atomic E-state index is 13.4. The Morgan fingerprint density at radius 1 is 1.23 bits per heavy atom. The molecule has 0 spiro atoms. The number of rotatable bonds is 7. The first-order valence-electron chi connectivity index (χ1n) is 10.1. The number of fused-ring (bicyclic) bond motifs is 1. The Labute approximate surface area is 179 Å². The minimum absolute atomic E-state index is 0.0436. The van der Waals surface area contributed by atoms with Gasteiger partial charge in [-0.2, -0.15) is 0 Å². The Morgan fingerprint density at radius 3 is 2.83 bits per heavy atom. The number of halogens is 2. The molecule has 1 N–H and O–H groups in total. The number of aromatic nitrogens is 4. The van der Waals surface area contributed by atoms with E-state index in [-0.39, 0.29) is 5.02 Å². The molecule has 0 unspecified atom stereocenters. The van der Waals surface area contributed by atoms with Crippen LogP contribution in [0.15, 0.2) is 30.7 Å². The lowest BCUT2D eigenvalue weighted by molar-refractivity contribution is 0.183. The molecule has 1 fully saturated rings. The van der Waals surface area contributed by atoms with E-state index in [1.54, 1.807) is 19.4 Å². The Hall–Kier alpha value is -2.58. The molecule has 30 heavy (non-hydrogen) atoms. The highest BCUT2D eigenvalue weighted by atomic mass is 35.5. The second-order valence-corrected chi connectivity index (χ2v) is 7.85. The van der Waals surface area contributed by atoms with Crippen LogP contribution in [0.4, 0.5) is 21.8 Å². The third-order valence-electron chi connectivity index (χ3n) is 5.41. The van der Waals surface area contributed by atoms with Gasteiger partial charge in [0.2, 0.25) is 5.95 Å². The Balaban J connectivity index is 1.51. The number of ether oxygens (including phenoxy) is 1. The quantitative estimate of drug-likeness (QED) is 0.549. The molecule has 158 valence electrons. The van der Waals surface area contributed by atoms with Crippen molar-refractivity contribution in [2.75, 3.05) is 37.0 Å². The van der Waals surface area contributed by atoms with Crippen LogP contribution in [0.5, 0.6) is 0 Å². The molecule has 0 atom stereocenters. The van der Waals surface area contributed by atoms with E-state index in [1.165, 1.54) is 24.9 Å². The first kappa shape index (κ1) is 20.7. The van der Waals surface area contributed by atoms with Crippen LogP contribution >= 0.6 is 11.6 Å². The van der Waals surface area contributed by atoms with Gasteiger partial charge in [-0.3, -0.25) is 0 Å². The monoisotopic (exact) mass is 430 g/mol. The summed E-state index contributed by atoms with van der Waals surface area (Å²) in [5.41, 5.74) is 1.88. The summed E-state index contributed by atoms with van der Waals surface area (Å²) < 4.78 is 18.6. The summed E-state index contributed by atoms with van der Waals surface area (Å²) in [5, 5.41) is 3.20. The maximum Gasteiger partial charge on any atom is 0.226 e. The van der Waals surface area contributed by atoms with Crippen LogP contribution < -0.4 is 10.2 Å². The highest BCUT2D eigenvalue weighted by Gasteiger charge is 2.21. The largest absolute Gasteiger partial charge is 0.385 e. The van der Waals surface area contributed by atoms with Gasteiger partial charge in [0.05, 0.1) is 11.2 Å². The second-order valence-electron chi connectivity index (χ2n) is 7.45. The summed E-state index contributed by atoms with van der Waals surface area (Å²) in [5.74, 6) is 1.46. The summed E-state index contributed by atoms with van der Waals surface area (Å²) in [4.78, 5) is 20.0. The molecule has 0 saturated carbocycles. The summed E-state index contributed by atoms with van der Waals surface area (Å²) in [6, 6.07) is 4.43. The third-order valence-corrected chi connectivity index (χ3v) is 5.69. The molecule has 4 rings (SSSR count). The first-order valence-corrected chi connectivity index (χ1v) is 10.5. The number of methoxy groups -OCH3 is 1. The van der Waals surface area contributed by atoms with Gasteiger partial charge in [-0.15, -0.1) is 0 Å². The van der Waals surface area contributed by atoms with Crippen molar-refractivity contribution in [1.29, 1.82) is 0 Å². The second kappa shape index (κ2) is 9.49.